The van der Waals surface area contributed by atoms with Gasteiger partial charge < -0.3 is 9.32 Å². The molecule has 162 valence electrons. The van der Waals surface area contributed by atoms with Crippen LogP contribution in [-0.2, 0) is 22.8 Å². The van der Waals surface area contributed by atoms with E-state index in [1.54, 1.807) is 12.1 Å². The zero-order valence-electron chi connectivity index (χ0n) is 17.6. The van der Waals surface area contributed by atoms with Crippen LogP contribution in [0.3, 0.4) is 0 Å². The number of benzene rings is 2. The molecule has 0 unspecified atom stereocenters. The third-order valence-corrected chi connectivity index (χ3v) is 7.54. The van der Waals surface area contributed by atoms with Crippen LogP contribution >= 0.6 is 0 Å². The maximum absolute atomic E-state index is 13.4. The molecule has 0 spiro atoms. The lowest BCUT2D eigenvalue weighted by Gasteiger charge is -2.28. The molecule has 6 nitrogen and oxygen atoms in total. The highest BCUT2D eigenvalue weighted by Crippen LogP contribution is 2.24. The first-order valence-electron chi connectivity index (χ1n) is 10.4. The van der Waals surface area contributed by atoms with Gasteiger partial charge in [-0.3, -0.25) is 9.59 Å². The predicted octanol–water partition coefficient (Wildman–Crippen LogP) is 3.49. The fourth-order valence-electron chi connectivity index (χ4n) is 3.98. The zero-order valence-corrected chi connectivity index (χ0v) is 18.4. The standard InChI is InChI=1S/C24H25NO5S/c1-3-17-5-7-18(8-6-17)14-25(19-10-11-31(28,29)15-19)24(27)23-13-21(26)20-12-16(2)4-9-22(20)30-23/h4-9,12-13,19H,3,10-11,14-15H2,1-2H3/t19-/m0/s1. The predicted molar refractivity (Wildman–Crippen MR) is 120 cm³/mol. The van der Waals surface area contributed by atoms with Crippen LogP contribution in [0.25, 0.3) is 11.0 Å². The molecule has 4 rings (SSSR count). The van der Waals surface area contributed by atoms with Crippen LogP contribution in [0.15, 0.2) is 57.7 Å². The largest absolute Gasteiger partial charge is 0.451 e. The Morgan fingerprint density at radius 2 is 1.81 bits per heavy atom. The fraction of sp³-hybridized carbons (Fsp3) is 0.333. The summed E-state index contributed by atoms with van der Waals surface area (Å²) in [5, 5.41) is 0.418. The number of sulfone groups is 1. The van der Waals surface area contributed by atoms with Gasteiger partial charge in [0.2, 0.25) is 0 Å². The number of nitrogens with zero attached hydrogens (tertiary/aromatic N) is 1. The molecule has 31 heavy (non-hydrogen) atoms. The van der Waals surface area contributed by atoms with Crippen molar-refractivity contribution in [2.75, 3.05) is 11.5 Å². The van der Waals surface area contributed by atoms with E-state index in [1.807, 2.05) is 37.3 Å². The average molecular weight is 440 g/mol. The molecule has 1 aliphatic heterocycles. The first-order valence-corrected chi connectivity index (χ1v) is 12.2. The Labute approximate surface area is 181 Å². The minimum atomic E-state index is -3.19. The van der Waals surface area contributed by atoms with Crippen molar-refractivity contribution in [3.63, 3.8) is 0 Å². The highest BCUT2D eigenvalue weighted by molar-refractivity contribution is 7.91. The zero-order chi connectivity index (χ0) is 22.2. The van der Waals surface area contributed by atoms with Crippen LogP contribution in [-0.4, -0.2) is 36.8 Å². The second kappa shape index (κ2) is 8.30. The van der Waals surface area contributed by atoms with Gasteiger partial charge in [-0.2, -0.15) is 0 Å². The van der Waals surface area contributed by atoms with Crippen LogP contribution in [0, 0.1) is 6.92 Å². The van der Waals surface area contributed by atoms with Crippen molar-refractivity contribution < 1.29 is 17.6 Å². The smallest absolute Gasteiger partial charge is 0.290 e. The summed E-state index contributed by atoms with van der Waals surface area (Å²) < 4.78 is 30.0. The van der Waals surface area contributed by atoms with Gasteiger partial charge in [-0.25, -0.2) is 8.42 Å². The van der Waals surface area contributed by atoms with Crippen molar-refractivity contribution in [2.24, 2.45) is 0 Å². The SMILES string of the molecule is CCc1ccc(CN(C(=O)c2cc(=O)c3cc(C)ccc3o2)[C@H]2CCS(=O)(=O)C2)cc1. The normalized spacial score (nSPS) is 17.7. The lowest BCUT2D eigenvalue weighted by atomic mass is 10.1. The number of hydrogen-bond donors (Lipinski definition) is 0. The van der Waals surface area contributed by atoms with Gasteiger partial charge in [-0.05, 0) is 43.0 Å². The fourth-order valence-corrected chi connectivity index (χ4v) is 5.71. The van der Waals surface area contributed by atoms with Gasteiger partial charge >= 0.3 is 0 Å². The van der Waals surface area contributed by atoms with E-state index in [0.717, 1.165) is 17.5 Å². The molecule has 1 amide bonds. The van der Waals surface area contributed by atoms with Gasteiger partial charge in [0.25, 0.3) is 5.91 Å². The molecule has 1 atom stereocenters. The van der Waals surface area contributed by atoms with E-state index < -0.39 is 21.8 Å². The Bertz CT molecular complexity index is 1290. The summed E-state index contributed by atoms with van der Waals surface area (Å²) in [7, 11) is -3.19. The molecule has 1 saturated heterocycles. The summed E-state index contributed by atoms with van der Waals surface area (Å²) >= 11 is 0. The first-order chi connectivity index (χ1) is 14.8. The van der Waals surface area contributed by atoms with E-state index >= 15 is 0 Å². The molecule has 0 saturated carbocycles. The molecule has 1 aromatic heterocycles. The number of rotatable bonds is 5. The highest BCUT2D eigenvalue weighted by atomic mass is 32.2. The molecule has 2 heterocycles. The van der Waals surface area contributed by atoms with E-state index in [4.69, 9.17) is 4.42 Å². The Morgan fingerprint density at radius 3 is 2.45 bits per heavy atom. The van der Waals surface area contributed by atoms with Crippen molar-refractivity contribution in [3.05, 3.63) is 81.2 Å². The Morgan fingerprint density at radius 1 is 1.10 bits per heavy atom. The number of amides is 1. The third-order valence-electron chi connectivity index (χ3n) is 5.79. The van der Waals surface area contributed by atoms with Crippen LogP contribution in [0.4, 0.5) is 0 Å². The van der Waals surface area contributed by atoms with Crippen molar-refractivity contribution in [2.45, 2.75) is 39.3 Å². The number of fused-ring (bicyclic) bond motifs is 1. The van der Waals surface area contributed by atoms with E-state index in [-0.39, 0.29) is 29.2 Å². The van der Waals surface area contributed by atoms with Gasteiger partial charge in [0.05, 0.1) is 16.9 Å². The maximum atomic E-state index is 13.4. The lowest BCUT2D eigenvalue weighted by Crippen LogP contribution is -2.40. The van der Waals surface area contributed by atoms with Crippen molar-refractivity contribution >= 4 is 26.7 Å². The van der Waals surface area contributed by atoms with Crippen LogP contribution in [0.1, 0.15) is 40.6 Å². The Balaban J connectivity index is 1.71. The summed E-state index contributed by atoms with van der Waals surface area (Å²) in [5.41, 5.74) is 3.05. The Kier molecular flexibility index (Phi) is 5.71. The van der Waals surface area contributed by atoms with E-state index in [0.29, 0.717) is 17.4 Å². The second-order valence-corrected chi connectivity index (χ2v) is 10.4. The van der Waals surface area contributed by atoms with Gasteiger partial charge in [-0.15, -0.1) is 0 Å². The minimum absolute atomic E-state index is 0.0527. The first kappa shape index (κ1) is 21.3. The van der Waals surface area contributed by atoms with Crippen LogP contribution in [0.2, 0.25) is 0 Å². The quantitative estimate of drug-likeness (QED) is 0.608. The molecule has 0 N–H and O–H groups in total. The van der Waals surface area contributed by atoms with Gasteiger partial charge in [0.1, 0.15) is 5.58 Å². The molecule has 0 radical (unpaired) electrons. The number of carbonyl (C=O) groups excluding carboxylic acids is 1. The van der Waals surface area contributed by atoms with Gasteiger partial charge in [-0.1, -0.05) is 42.8 Å². The number of carbonyl (C=O) groups is 1. The molecule has 1 fully saturated rings. The van der Waals surface area contributed by atoms with Crippen molar-refractivity contribution in [1.29, 1.82) is 0 Å². The summed E-state index contributed by atoms with van der Waals surface area (Å²) in [6.07, 6.45) is 1.28. The molecular weight excluding hydrogens is 414 g/mol. The molecule has 7 heteroatoms. The molecule has 0 aliphatic carbocycles. The van der Waals surface area contributed by atoms with E-state index in [2.05, 4.69) is 6.92 Å². The monoisotopic (exact) mass is 439 g/mol. The Hall–Kier alpha value is -2.93. The lowest BCUT2D eigenvalue weighted by molar-refractivity contribution is 0.0648. The summed E-state index contributed by atoms with van der Waals surface area (Å²) in [6, 6.07) is 13.9. The minimum Gasteiger partial charge on any atom is -0.451 e. The molecule has 2 aromatic carbocycles. The maximum Gasteiger partial charge on any atom is 0.290 e. The molecule has 3 aromatic rings. The molecule has 0 bridgehead atoms. The highest BCUT2D eigenvalue weighted by Gasteiger charge is 2.36. The summed E-state index contributed by atoms with van der Waals surface area (Å²) in [4.78, 5) is 27.6. The average Bonchev–Trinajstić information content (AvgIpc) is 3.11. The second-order valence-electron chi connectivity index (χ2n) is 8.13. The van der Waals surface area contributed by atoms with Gasteiger partial charge in [0, 0.05) is 18.7 Å². The van der Waals surface area contributed by atoms with Crippen molar-refractivity contribution in [1.82, 2.24) is 4.90 Å². The number of aryl methyl sites for hydroxylation is 2. The molecule has 1 aliphatic rings. The van der Waals surface area contributed by atoms with E-state index in [9.17, 15) is 18.0 Å². The topological polar surface area (TPSA) is 84.7 Å². The summed E-state index contributed by atoms with van der Waals surface area (Å²) in [6.45, 7) is 4.19. The van der Waals surface area contributed by atoms with Crippen molar-refractivity contribution in [3.8, 4) is 0 Å². The summed E-state index contributed by atoms with van der Waals surface area (Å²) in [5.74, 6) is -0.572. The van der Waals surface area contributed by atoms with Crippen LogP contribution < -0.4 is 5.43 Å². The third kappa shape index (κ3) is 4.56. The van der Waals surface area contributed by atoms with Crippen LogP contribution in [0.5, 0.6) is 0 Å². The number of hydrogen-bond acceptors (Lipinski definition) is 5. The van der Waals surface area contributed by atoms with Gasteiger partial charge in [0.15, 0.2) is 21.0 Å². The van der Waals surface area contributed by atoms with E-state index in [1.165, 1.54) is 16.5 Å². The molecular formula is C24H25NO5S.